The van der Waals surface area contributed by atoms with Gasteiger partial charge in [-0.15, -0.1) is 0 Å². The van der Waals surface area contributed by atoms with E-state index in [0.29, 0.717) is 22.6 Å². The van der Waals surface area contributed by atoms with Crippen LogP contribution < -0.4 is 19.9 Å². The number of carbonyl (C=O) groups is 1. The molecule has 0 saturated heterocycles. The van der Waals surface area contributed by atoms with Crippen LogP contribution in [0.3, 0.4) is 0 Å². The Morgan fingerprint density at radius 3 is 2.41 bits per heavy atom. The lowest BCUT2D eigenvalue weighted by molar-refractivity contribution is -0.127. The van der Waals surface area contributed by atoms with Gasteiger partial charge in [0.1, 0.15) is 17.1 Å². The number of fused-ring (bicyclic) bond motifs is 1. The van der Waals surface area contributed by atoms with Crippen molar-refractivity contribution in [2.24, 2.45) is 0 Å². The van der Waals surface area contributed by atoms with Crippen LogP contribution in [0.4, 0.5) is 11.4 Å². The van der Waals surface area contributed by atoms with Crippen molar-refractivity contribution in [1.82, 2.24) is 0 Å². The van der Waals surface area contributed by atoms with Crippen LogP contribution in [0.5, 0.6) is 11.5 Å². The van der Waals surface area contributed by atoms with Crippen molar-refractivity contribution in [3.8, 4) is 11.5 Å². The summed E-state index contributed by atoms with van der Waals surface area (Å²) < 4.78 is 16.8. The number of carbonyl (C=O) groups excluding carboxylic acids is 1. The highest BCUT2D eigenvalue weighted by atomic mass is 16.7. The molecule has 3 aromatic carbocycles. The van der Waals surface area contributed by atoms with Crippen molar-refractivity contribution in [1.29, 1.82) is 0 Å². The summed E-state index contributed by atoms with van der Waals surface area (Å²) in [5.74, 6) is 0.927. The fourth-order valence-corrected chi connectivity index (χ4v) is 4.29. The van der Waals surface area contributed by atoms with Gasteiger partial charge in [-0.05, 0) is 35.2 Å². The largest absolute Gasteiger partial charge is 0.496 e. The van der Waals surface area contributed by atoms with Crippen LogP contribution in [-0.2, 0) is 4.74 Å². The summed E-state index contributed by atoms with van der Waals surface area (Å²) in [7, 11) is 1.49. The van der Waals surface area contributed by atoms with Gasteiger partial charge in [-0.25, -0.2) is 4.79 Å². The zero-order valence-electron chi connectivity index (χ0n) is 18.1. The number of anilines is 2. The average molecular weight is 430 g/mol. The van der Waals surface area contributed by atoms with Crippen molar-refractivity contribution < 1.29 is 24.1 Å². The molecular weight excluding hydrogens is 407 g/mol. The van der Waals surface area contributed by atoms with Gasteiger partial charge in [0.2, 0.25) is 5.79 Å². The van der Waals surface area contributed by atoms with Crippen LogP contribution in [0.2, 0.25) is 0 Å². The molecule has 2 aliphatic heterocycles. The molecule has 2 aliphatic rings. The minimum atomic E-state index is -1.14. The van der Waals surface area contributed by atoms with Crippen LogP contribution in [0.1, 0.15) is 29.8 Å². The zero-order valence-corrected chi connectivity index (χ0v) is 18.1. The number of ether oxygens (including phenoxy) is 3. The molecule has 7 nitrogen and oxygen atoms in total. The monoisotopic (exact) mass is 430 g/mol. The van der Waals surface area contributed by atoms with Crippen molar-refractivity contribution in [2.75, 3.05) is 24.2 Å². The van der Waals surface area contributed by atoms with Gasteiger partial charge >= 0.3 is 13.0 Å². The van der Waals surface area contributed by atoms with E-state index in [2.05, 4.69) is 22.6 Å². The van der Waals surface area contributed by atoms with Crippen LogP contribution in [0, 0.1) is 0 Å². The summed E-state index contributed by atoms with van der Waals surface area (Å²) in [6.45, 7) is 2.81. The summed E-state index contributed by atoms with van der Waals surface area (Å²) in [6.07, 6.45) is 0. The fourth-order valence-electron chi connectivity index (χ4n) is 4.29. The Morgan fingerprint density at radius 2 is 1.78 bits per heavy atom. The molecule has 3 aromatic rings. The first kappa shape index (κ1) is 20.3. The van der Waals surface area contributed by atoms with E-state index in [0.717, 1.165) is 22.1 Å². The molecule has 0 amide bonds. The lowest BCUT2D eigenvalue weighted by Crippen LogP contribution is -2.39. The first-order valence-electron chi connectivity index (χ1n) is 10.4. The van der Waals surface area contributed by atoms with Crippen LogP contribution >= 0.6 is 0 Å². The van der Waals surface area contributed by atoms with Gasteiger partial charge in [0.05, 0.1) is 13.7 Å². The first-order valence-corrected chi connectivity index (χ1v) is 10.4. The molecule has 0 aromatic heterocycles. The van der Waals surface area contributed by atoms with Crippen LogP contribution in [0.25, 0.3) is 16.3 Å². The summed E-state index contributed by atoms with van der Waals surface area (Å²) in [6, 6.07) is 15.7. The number of hydrogen-bond donors (Lipinski definition) is 3. The molecule has 32 heavy (non-hydrogen) atoms. The van der Waals surface area contributed by atoms with E-state index in [4.69, 9.17) is 14.2 Å². The van der Waals surface area contributed by atoms with Gasteiger partial charge in [0.15, 0.2) is 0 Å². The molecule has 0 fully saturated rings. The maximum Gasteiger partial charge on any atom is 0.398 e. The van der Waals surface area contributed by atoms with Crippen molar-refractivity contribution in [2.45, 2.75) is 19.6 Å². The van der Waals surface area contributed by atoms with E-state index in [9.17, 15) is 9.90 Å². The lowest BCUT2D eigenvalue weighted by Gasteiger charge is -2.34. The smallest absolute Gasteiger partial charge is 0.398 e. The van der Waals surface area contributed by atoms with E-state index in [1.807, 2.05) is 30.2 Å². The second kappa shape index (κ2) is 7.49. The lowest BCUT2D eigenvalue weighted by atomic mass is 9.71. The molecule has 0 saturated carbocycles. The number of benzene rings is 3. The maximum atomic E-state index is 12.7. The summed E-state index contributed by atoms with van der Waals surface area (Å²) in [5.41, 5.74) is 3.43. The highest BCUT2D eigenvalue weighted by Crippen LogP contribution is 2.42. The predicted molar refractivity (Wildman–Crippen MR) is 125 cm³/mol. The van der Waals surface area contributed by atoms with Gasteiger partial charge < -0.3 is 29.8 Å². The molecule has 0 aliphatic carbocycles. The molecule has 0 spiro atoms. The molecule has 0 atom stereocenters. The van der Waals surface area contributed by atoms with Gasteiger partial charge in [0.25, 0.3) is 0 Å². The third-order valence-corrected chi connectivity index (χ3v) is 5.64. The topological polar surface area (TPSA) is 89.1 Å². The number of nitrogens with one attached hydrogen (secondary N) is 2. The number of rotatable bonds is 4. The number of esters is 1. The summed E-state index contributed by atoms with van der Waals surface area (Å²) in [4.78, 5) is 12.7. The molecular formula is C24H23BN2O5. The van der Waals surface area contributed by atoms with E-state index in [1.165, 1.54) is 7.11 Å². The van der Waals surface area contributed by atoms with Crippen molar-refractivity contribution in [3.05, 3.63) is 65.6 Å². The Morgan fingerprint density at radius 1 is 1.09 bits per heavy atom. The number of aliphatic hydroxyl groups excluding tert-OH is 1. The summed E-state index contributed by atoms with van der Waals surface area (Å²) in [5, 5.41) is 19.5. The minimum Gasteiger partial charge on any atom is -0.496 e. The number of cyclic esters (lactones) is 1. The highest BCUT2D eigenvalue weighted by Gasteiger charge is 2.38. The number of hydrogen-bond acceptors (Lipinski definition) is 7. The van der Waals surface area contributed by atoms with Gasteiger partial charge in [-0.3, -0.25) is 0 Å². The third kappa shape index (κ3) is 3.33. The predicted octanol–water partition coefficient (Wildman–Crippen LogP) is 4.07. The van der Waals surface area contributed by atoms with Crippen molar-refractivity contribution >= 4 is 40.7 Å². The van der Waals surface area contributed by atoms with E-state index in [-0.39, 0.29) is 19.2 Å². The fraction of sp³-hybridized carbons (Fsp3) is 0.208. The number of methoxy groups -OCH3 is 1. The molecule has 3 N–H and O–H groups in total. The van der Waals surface area contributed by atoms with Gasteiger partial charge in [-0.2, -0.15) is 0 Å². The molecule has 5 rings (SSSR count). The summed E-state index contributed by atoms with van der Waals surface area (Å²) >= 11 is 0. The van der Waals surface area contributed by atoms with Gasteiger partial charge in [-0.1, -0.05) is 30.2 Å². The van der Waals surface area contributed by atoms with Crippen molar-refractivity contribution in [3.63, 3.8) is 0 Å². The standard InChI is InChI=1S/C24H23BN2O5/c1-24(2)31-22-16(10-11-19(30-3)21(22)23(29)32-24)15(13-28)12-25-26-17-8-4-6-14-7-5-9-18(27-25)20(14)17/h4-12,26-28H,13H2,1-3H3/b15-12-. The molecule has 0 radical (unpaired) electrons. The Bertz CT molecular complexity index is 1230. The maximum absolute atomic E-state index is 12.7. The number of aliphatic hydroxyl groups is 1. The zero-order chi connectivity index (χ0) is 22.5. The minimum absolute atomic E-state index is 0.211. The van der Waals surface area contributed by atoms with Crippen LogP contribution in [0.15, 0.2) is 54.5 Å². The Balaban J connectivity index is 1.58. The second-order valence-electron chi connectivity index (χ2n) is 8.24. The van der Waals surface area contributed by atoms with Gasteiger partial charge in [0, 0.05) is 36.2 Å². The first-order chi connectivity index (χ1) is 15.4. The molecule has 8 heteroatoms. The normalized spacial score (nSPS) is 16.4. The molecule has 0 bridgehead atoms. The molecule has 162 valence electrons. The van der Waals surface area contributed by atoms with Crippen LogP contribution in [-0.4, -0.2) is 37.6 Å². The molecule has 0 unspecified atom stereocenters. The second-order valence-corrected chi connectivity index (χ2v) is 8.24. The Kier molecular flexibility index (Phi) is 4.75. The van der Waals surface area contributed by atoms with E-state index in [1.54, 1.807) is 26.0 Å². The average Bonchev–Trinajstić information content (AvgIpc) is 2.76. The Hall–Kier alpha value is -3.65. The van der Waals surface area contributed by atoms with E-state index >= 15 is 0 Å². The Labute approximate surface area is 186 Å². The quantitative estimate of drug-likeness (QED) is 0.425. The highest BCUT2D eigenvalue weighted by molar-refractivity contribution is 6.73. The third-order valence-electron chi connectivity index (χ3n) is 5.64. The van der Waals surface area contributed by atoms with E-state index < -0.39 is 11.8 Å². The SMILES string of the molecule is COc1ccc(/C(=C\B2Nc3cccc4cccc(c34)N2)CO)c2c1C(=O)OC(C)(C)O2. The molecule has 2 heterocycles.